The summed E-state index contributed by atoms with van der Waals surface area (Å²) in [7, 11) is -3.29. The normalized spacial score (nSPS) is 12.9. The molecule has 1 aromatic carbocycles. The van der Waals surface area contributed by atoms with Crippen molar-refractivity contribution < 1.29 is 13.2 Å². The van der Waals surface area contributed by atoms with Crippen molar-refractivity contribution in [2.75, 3.05) is 12.8 Å². The summed E-state index contributed by atoms with van der Waals surface area (Å²) in [6.07, 6.45) is 5.60. The van der Waals surface area contributed by atoms with Crippen LogP contribution in [-0.2, 0) is 9.84 Å². The number of nitrogens with one attached hydrogen (secondary N) is 1. The fraction of sp³-hybridized carbons (Fsp3) is 0.562. The Morgan fingerprint density at radius 2 is 2.00 bits per heavy atom. The van der Waals surface area contributed by atoms with Crippen molar-refractivity contribution in [2.24, 2.45) is 5.92 Å². The summed E-state index contributed by atoms with van der Waals surface area (Å²) in [5.41, 5.74) is 0.392. The Bertz CT molecular complexity index is 567. The summed E-state index contributed by atoms with van der Waals surface area (Å²) < 4.78 is 23.0. The summed E-state index contributed by atoms with van der Waals surface area (Å²) in [6.45, 7) is 4.91. The second-order valence-electron chi connectivity index (χ2n) is 5.43. The minimum absolute atomic E-state index is 0.174. The van der Waals surface area contributed by atoms with E-state index in [1.807, 2.05) is 0 Å². The number of sulfone groups is 1. The molecule has 0 fully saturated rings. The number of hydrogen-bond donors (Lipinski definition) is 1. The maximum atomic E-state index is 12.1. The van der Waals surface area contributed by atoms with Gasteiger partial charge in [0.05, 0.1) is 4.90 Å². The maximum absolute atomic E-state index is 12.1. The highest BCUT2D eigenvalue weighted by Gasteiger charge is 2.13. The van der Waals surface area contributed by atoms with E-state index in [-0.39, 0.29) is 10.8 Å². The third kappa shape index (κ3) is 5.87. The molecule has 1 aromatic rings. The molecule has 1 atom stereocenters. The van der Waals surface area contributed by atoms with Gasteiger partial charge in [0, 0.05) is 18.4 Å². The van der Waals surface area contributed by atoms with E-state index in [0.29, 0.717) is 18.0 Å². The van der Waals surface area contributed by atoms with Gasteiger partial charge in [0.25, 0.3) is 5.91 Å². The minimum Gasteiger partial charge on any atom is -0.352 e. The molecule has 5 heteroatoms. The first-order chi connectivity index (χ1) is 9.88. The summed E-state index contributed by atoms with van der Waals surface area (Å²) in [6, 6.07) is 6.16. The first-order valence-electron chi connectivity index (χ1n) is 7.46. The Balaban J connectivity index is 2.67. The monoisotopic (exact) mass is 311 g/mol. The Morgan fingerprint density at radius 1 is 1.29 bits per heavy atom. The van der Waals surface area contributed by atoms with Crippen LogP contribution in [0.3, 0.4) is 0 Å². The van der Waals surface area contributed by atoms with Crippen LogP contribution in [0.5, 0.6) is 0 Å². The molecule has 0 aliphatic heterocycles. The lowest BCUT2D eigenvalue weighted by atomic mass is 9.99. The lowest BCUT2D eigenvalue weighted by Crippen LogP contribution is -2.29. The molecule has 0 bridgehead atoms. The summed E-state index contributed by atoms with van der Waals surface area (Å²) in [4.78, 5) is 12.3. The van der Waals surface area contributed by atoms with Gasteiger partial charge in [0.15, 0.2) is 9.84 Å². The van der Waals surface area contributed by atoms with Crippen molar-refractivity contribution >= 4 is 15.7 Å². The predicted octanol–water partition coefficient (Wildman–Crippen LogP) is 3.04. The van der Waals surface area contributed by atoms with Crippen LogP contribution in [0.2, 0.25) is 0 Å². The number of unbranched alkanes of at least 4 members (excludes halogenated alkanes) is 1. The zero-order chi connectivity index (χ0) is 15.9. The van der Waals surface area contributed by atoms with Gasteiger partial charge in [-0.05, 0) is 30.5 Å². The molecule has 1 unspecified atom stereocenters. The number of benzene rings is 1. The lowest BCUT2D eigenvalue weighted by Gasteiger charge is -2.15. The van der Waals surface area contributed by atoms with Crippen LogP contribution in [0, 0.1) is 5.92 Å². The highest BCUT2D eigenvalue weighted by molar-refractivity contribution is 7.90. The molecule has 1 N–H and O–H groups in total. The molecule has 1 rings (SSSR count). The fourth-order valence-corrected chi connectivity index (χ4v) is 2.82. The quantitative estimate of drug-likeness (QED) is 0.802. The Morgan fingerprint density at radius 3 is 2.57 bits per heavy atom. The van der Waals surface area contributed by atoms with Crippen LogP contribution >= 0.6 is 0 Å². The van der Waals surface area contributed by atoms with E-state index in [0.717, 1.165) is 31.9 Å². The lowest BCUT2D eigenvalue weighted by molar-refractivity contribution is 0.0945. The molecule has 0 heterocycles. The molecule has 0 aromatic heterocycles. The van der Waals surface area contributed by atoms with Crippen LogP contribution in [0.1, 0.15) is 49.9 Å². The van der Waals surface area contributed by atoms with Crippen molar-refractivity contribution in [3.63, 3.8) is 0 Å². The van der Waals surface area contributed by atoms with Gasteiger partial charge in [0.2, 0.25) is 0 Å². The summed E-state index contributed by atoms with van der Waals surface area (Å²) in [5.74, 6) is 0.266. The van der Waals surface area contributed by atoms with Crippen molar-refractivity contribution in [3.8, 4) is 0 Å². The second-order valence-corrected chi connectivity index (χ2v) is 7.44. The molecule has 1 amide bonds. The van der Waals surface area contributed by atoms with E-state index >= 15 is 0 Å². The van der Waals surface area contributed by atoms with Gasteiger partial charge < -0.3 is 5.32 Å². The molecule has 0 saturated heterocycles. The Labute approximate surface area is 127 Å². The molecular weight excluding hydrogens is 286 g/mol. The van der Waals surface area contributed by atoms with Crippen LogP contribution in [0.15, 0.2) is 29.2 Å². The maximum Gasteiger partial charge on any atom is 0.251 e. The van der Waals surface area contributed by atoms with Crippen LogP contribution < -0.4 is 5.32 Å². The average molecular weight is 311 g/mol. The second kappa shape index (κ2) is 8.17. The van der Waals surface area contributed by atoms with Gasteiger partial charge in [-0.1, -0.05) is 39.2 Å². The first kappa shape index (κ1) is 17.7. The molecule has 0 spiro atoms. The zero-order valence-electron chi connectivity index (χ0n) is 13.1. The van der Waals surface area contributed by atoms with E-state index in [2.05, 4.69) is 19.2 Å². The van der Waals surface area contributed by atoms with E-state index in [4.69, 9.17) is 0 Å². The highest BCUT2D eigenvalue weighted by Crippen LogP contribution is 2.13. The largest absolute Gasteiger partial charge is 0.352 e. The predicted molar refractivity (Wildman–Crippen MR) is 85.2 cm³/mol. The fourth-order valence-electron chi connectivity index (χ4n) is 2.15. The van der Waals surface area contributed by atoms with Gasteiger partial charge in [-0.2, -0.15) is 0 Å². The topological polar surface area (TPSA) is 63.2 Å². The third-order valence-electron chi connectivity index (χ3n) is 3.62. The molecule has 0 aliphatic rings. The van der Waals surface area contributed by atoms with Crippen molar-refractivity contribution in [1.82, 2.24) is 5.32 Å². The van der Waals surface area contributed by atoms with Crippen LogP contribution in [0.25, 0.3) is 0 Å². The average Bonchev–Trinajstić information content (AvgIpc) is 2.46. The minimum atomic E-state index is -3.29. The molecule has 0 aliphatic carbocycles. The number of carbonyl (C=O) groups is 1. The van der Waals surface area contributed by atoms with E-state index < -0.39 is 9.84 Å². The number of rotatable bonds is 8. The number of carbonyl (C=O) groups excluding carboxylic acids is 1. The van der Waals surface area contributed by atoms with Crippen LogP contribution in [-0.4, -0.2) is 27.1 Å². The third-order valence-corrected chi connectivity index (χ3v) is 4.73. The van der Waals surface area contributed by atoms with Gasteiger partial charge in [0.1, 0.15) is 0 Å². The van der Waals surface area contributed by atoms with Gasteiger partial charge in [-0.15, -0.1) is 0 Å². The molecule has 0 radical (unpaired) electrons. The molecule has 4 nitrogen and oxygen atoms in total. The SMILES string of the molecule is CCCCC(CC)CNC(=O)c1cccc(S(C)(=O)=O)c1. The number of hydrogen-bond acceptors (Lipinski definition) is 3. The van der Waals surface area contributed by atoms with E-state index in [9.17, 15) is 13.2 Å². The highest BCUT2D eigenvalue weighted by atomic mass is 32.2. The Kier molecular flexibility index (Phi) is 6.89. The standard InChI is InChI=1S/C16H25NO3S/c1-4-6-8-13(5-2)12-17-16(18)14-9-7-10-15(11-14)21(3,19)20/h7,9-11,13H,4-6,8,12H2,1-3H3,(H,17,18). The summed E-state index contributed by atoms with van der Waals surface area (Å²) in [5, 5.41) is 2.90. The van der Waals surface area contributed by atoms with Gasteiger partial charge >= 0.3 is 0 Å². The molecule has 0 saturated carbocycles. The zero-order valence-corrected chi connectivity index (χ0v) is 13.9. The summed E-state index contributed by atoms with van der Waals surface area (Å²) >= 11 is 0. The van der Waals surface area contributed by atoms with Crippen molar-refractivity contribution in [1.29, 1.82) is 0 Å². The van der Waals surface area contributed by atoms with E-state index in [1.54, 1.807) is 12.1 Å². The Hall–Kier alpha value is -1.36. The van der Waals surface area contributed by atoms with E-state index in [1.165, 1.54) is 12.1 Å². The number of amides is 1. The molecule has 21 heavy (non-hydrogen) atoms. The smallest absolute Gasteiger partial charge is 0.251 e. The van der Waals surface area contributed by atoms with Gasteiger partial charge in [-0.3, -0.25) is 4.79 Å². The molecular formula is C16H25NO3S. The first-order valence-corrected chi connectivity index (χ1v) is 9.36. The van der Waals surface area contributed by atoms with Crippen molar-refractivity contribution in [2.45, 2.75) is 44.4 Å². The van der Waals surface area contributed by atoms with Crippen molar-refractivity contribution in [3.05, 3.63) is 29.8 Å². The molecule has 118 valence electrons. The van der Waals surface area contributed by atoms with Gasteiger partial charge in [-0.25, -0.2) is 8.42 Å². The van der Waals surface area contributed by atoms with Crippen LogP contribution in [0.4, 0.5) is 0 Å².